The summed E-state index contributed by atoms with van der Waals surface area (Å²) in [5, 5.41) is 11.5. The van der Waals surface area contributed by atoms with E-state index in [0.717, 1.165) is 5.56 Å². The highest BCUT2D eigenvalue weighted by Crippen LogP contribution is 2.30. The van der Waals surface area contributed by atoms with Gasteiger partial charge in [0.15, 0.2) is 0 Å². The second kappa shape index (κ2) is 7.89. The van der Waals surface area contributed by atoms with Crippen LogP contribution >= 0.6 is 11.3 Å². The molecular weight excluding hydrogens is 393 g/mol. The van der Waals surface area contributed by atoms with E-state index in [9.17, 15) is 19.1 Å². The van der Waals surface area contributed by atoms with Gasteiger partial charge in [-0.05, 0) is 34.7 Å². The predicted molar refractivity (Wildman–Crippen MR) is 109 cm³/mol. The molecule has 29 heavy (non-hydrogen) atoms. The number of aromatic carboxylic acids is 1. The fourth-order valence-electron chi connectivity index (χ4n) is 3.18. The summed E-state index contributed by atoms with van der Waals surface area (Å²) in [5.41, 5.74) is 1.18. The number of thiophene rings is 1. The molecule has 1 N–H and O–H groups in total. The van der Waals surface area contributed by atoms with Gasteiger partial charge in [-0.2, -0.15) is 0 Å². The first-order chi connectivity index (χ1) is 14.0. The van der Waals surface area contributed by atoms with Gasteiger partial charge in [0.2, 0.25) is 5.75 Å². The molecule has 146 valence electrons. The van der Waals surface area contributed by atoms with Crippen molar-refractivity contribution in [3.63, 3.8) is 0 Å². The molecule has 0 saturated carbocycles. The minimum atomic E-state index is -1.23. The summed E-state index contributed by atoms with van der Waals surface area (Å²) >= 11 is 1.22. The standard InChI is InChI=1S/C22H16FNO4S/c23-16-8-4-7-15(11-16)12-24-17-9-10-29-20(17)18(22(26)27)19(21(24)25)28-13-14-5-2-1-3-6-14/h1-11H,12-13H2,(H,26,27). The second-order valence-corrected chi connectivity index (χ2v) is 7.36. The van der Waals surface area contributed by atoms with Gasteiger partial charge in [-0.1, -0.05) is 42.5 Å². The molecule has 0 atom stereocenters. The summed E-state index contributed by atoms with van der Waals surface area (Å²) in [6.45, 7) is 0.165. The Bertz CT molecular complexity index is 1250. The number of carboxylic acid groups (broad SMARTS) is 1. The first-order valence-corrected chi connectivity index (χ1v) is 9.71. The third-order valence-corrected chi connectivity index (χ3v) is 5.42. The first-order valence-electron chi connectivity index (χ1n) is 8.83. The second-order valence-electron chi connectivity index (χ2n) is 6.44. The van der Waals surface area contributed by atoms with Crippen LogP contribution in [0.5, 0.6) is 5.75 Å². The summed E-state index contributed by atoms with van der Waals surface area (Å²) < 4.78 is 21.2. The van der Waals surface area contributed by atoms with E-state index >= 15 is 0 Å². The van der Waals surface area contributed by atoms with E-state index in [1.54, 1.807) is 23.6 Å². The van der Waals surface area contributed by atoms with Crippen LogP contribution in [-0.4, -0.2) is 15.6 Å². The number of rotatable bonds is 6. The Kier molecular flexibility index (Phi) is 5.14. The van der Waals surface area contributed by atoms with Gasteiger partial charge in [-0.3, -0.25) is 9.36 Å². The highest BCUT2D eigenvalue weighted by atomic mass is 32.1. The number of pyridine rings is 1. The third-order valence-electron chi connectivity index (χ3n) is 4.50. The van der Waals surface area contributed by atoms with Gasteiger partial charge in [-0.25, -0.2) is 9.18 Å². The fourth-order valence-corrected chi connectivity index (χ4v) is 4.11. The summed E-state index contributed by atoms with van der Waals surface area (Å²) in [5.74, 6) is -1.84. The van der Waals surface area contributed by atoms with Crippen LogP contribution in [0, 0.1) is 5.82 Å². The smallest absolute Gasteiger partial charge is 0.341 e. The van der Waals surface area contributed by atoms with E-state index in [2.05, 4.69) is 0 Å². The molecule has 0 spiro atoms. The number of nitrogens with zero attached hydrogens (tertiary/aromatic N) is 1. The van der Waals surface area contributed by atoms with Crippen molar-refractivity contribution in [2.24, 2.45) is 0 Å². The van der Waals surface area contributed by atoms with E-state index in [0.29, 0.717) is 15.8 Å². The highest BCUT2D eigenvalue weighted by Gasteiger charge is 2.24. The van der Waals surface area contributed by atoms with Gasteiger partial charge in [-0.15, -0.1) is 11.3 Å². The number of hydrogen-bond acceptors (Lipinski definition) is 4. The van der Waals surface area contributed by atoms with Crippen molar-refractivity contribution in [1.82, 2.24) is 4.57 Å². The third kappa shape index (κ3) is 3.77. The molecule has 2 aromatic heterocycles. The molecule has 0 unspecified atom stereocenters. The van der Waals surface area contributed by atoms with Crippen molar-refractivity contribution in [1.29, 1.82) is 0 Å². The van der Waals surface area contributed by atoms with Crippen LogP contribution in [0.2, 0.25) is 0 Å². The van der Waals surface area contributed by atoms with Gasteiger partial charge in [0.25, 0.3) is 5.56 Å². The number of carboxylic acids is 1. The zero-order valence-corrected chi connectivity index (χ0v) is 16.0. The number of hydrogen-bond donors (Lipinski definition) is 1. The Labute approximate surface area is 169 Å². The van der Waals surface area contributed by atoms with E-state index in [-0.39, 0.29) is 24.5 Å². The Morgan fingerprint density at radius 1 is 1.07 bits per heavy atom. The molecule has 2 aromatic carbocycles. The molecule has 4 rings (SSSR count). The molecule has 0 radical (unpaired) electrons. The van der Waals surface area contributed by atoms with Crippen LogP contribution in [0.15, 0.2) is 70.8 Å². The van der Waals surface area contributed by atoms with Crippen molar-refractivity contribution >= 4 is 27.5 Å². The molecule has 2 heterocycles. The van der Waals surface area contributed by atoms with Gasteiger partial charge in [0.1, 0.15) is 18.0 Å². The lowest BCUT2D eigenvalue weighted by molar-refractivity contribution is 0.0693. The quantitative estimate of drug-likeness (QED) is 0.508. The van der Waals surface area contributed by atoms with E-state index in [1.807, 2.05) is 30.3 Å². The molecule has 7 heteroatoms. The Balaban J connectivity index is 1.84. The molecule has 0 bridgehead atoms. The van der Waals surface area contributed by atoms with Crippen LogP contribution in [0.3, 0.4) is 0 Å². The van der Waals surface area contributed by atoms with Crippen LogP contribution in [0.25, 0.3) is 10.2 Å². The minimum Gasteiger partial charge on any atom is -0.482 e. The van der Waals surface area contributed by atoms with Gasteiger partial charge in [0.05, 0.1) is 16.8 Å². The molecule has 0 amide bonds. The summed E-state index contributed by atoms with van der Waals surface area (Å²) in [4.78, 5) is 25.1. The summed E-state index contributed by atoms with van der Waals surface area (Å²) in [7, 11) is 0. The predicted octanol–water partition coefficient (Wildman–Crippen LogP) is 4.53. The van der Waals surface area contributed by atoms with Gasteiger partial charge < -0.3 is 9.84 Å². The molecule has 5 nitrogen and oxygen atoms in total. The highest BCUT2D eigenvalue weighted by molar-refractivity contribution is 7.17. The molecular formula is C22H16FNO4S. The lowest BCUT2D eigenvalue weighted by Crippen LogP contribution is -2.25. The van der Waals surface area contributed by atoms with Crippen molar-refractivity contribution < 1.29 is 19.0 Å². The zero-order chi connectivity index (χ0) is 20.4. The van der Waals surface area contributed by atoms with E-state index < -0.39 is 17.3 Å². The Morgan fingerprint density at radius 3 is 2.55 bits per heavy atom. The average molecular weight is 409 g/mol. The maximum atomic E-state index is 13.6. The van der Waals surface area contributed by atoms with Crippen molar-refractivity contribution in [2.75, 3.05) is 0 Å². The van der Waals surface area contributed by atoms with Gasteiger partial charge >= 0.3 is 5.97 Å². The van der Waals surface area contributed by atoms with Crippen LogP contribution in [0.4, 0.5) is 4.39 Å². The summed E-state index contributed by atoms with van der Waals surface area (Å²) in [6.07, 6.45) is 0. The van der Waals surface area contributed by atoms with Gasteiger partial charge in [0, 0.05) is 0 Å². The number of fused-ring (bicyclic) bond motifs is 1. The lowest BCUT2D eigenvalue weighted by atomic mass is 10.1. The maximum absolute atomic E-state index is 13.6. The number of aromatic nitrogens is 1. The average Bonchev–Trinajstić information content (AvgIpc) is 3.18. The van der Waals surface area contributed by atoms with E-state index in [4.69, 9.17) is 4.74 Å². The Hall–Kier alpha value is -3.45. The number of benzene rings is 2. The Morgan fingerprint density at radius 2 is 1.83 bits per heavy atom. The number of ether oxygens (including phenoxy) is 1. The monoisotopic (exact) mass is 409 g/mol. The van der Waals surface area contributed by atoms with Crippen LogP contribution in [0.1, 0.15) is 21.5 Å². The molecule has 0 aliphatic rings. The topological polar surface area (TPSA) is 68.5 Å². The number of carbonyl (C=O) groups is 1. The van der Waals surface area contributed by atoms with Crippen LogP contribution < -0.4 is 10.3 Å². The fraction of sp³-hybridized carbons (Fsp3) is 0.0909. The van der Waals surface area contributed by atoms with Crippen molar-refractivity contribution in [3.05, 3.63) is 98.9 Å². The van der Waals surface area contributed by atoms with E-state index in [1.165, 1.54) is 28.0 Å². The molecule has 0 fully saturated rings. The number of halogens is 1. The van der Waals surface area contributed by atoms with Crippen molar-refractivity contribution in [3.8, 4) is 5.75 Å². The molecule has 0 aliphatic heterocycles. The molecule has 0 aliphatic carbocycles. The molecule has 0 saturated heterocycles. The molecule has 4 aromatic rings. The maximum Gasteiger partial charge on any atom is 0.341 e. The van der Waals surface area contributed by atoms with Crippen LogP contribution in [-0.2, 0) is 13.2 Å². The summed E-state index contributed by atoms with van der Waals surface area (Å²) in [6, 6.07) is 16.8. The zero-order valence-electron chi connectivity index (χ0n) is 15.2. The van der Waals surface area contributed by atoms with Crippen molar-refractivity contribution in [2.45, 2.75) is 13.2 Å². The first kappa shape index (κ1) is 18.9. The lowest BCUT2D eigenvalue weighted by Gasteiger charge is -2.15. The largest absolute Gasteiger partial charge is 0.482 e. The SMILES string of the molecule is O=C(O)c1c(OCc2ccccc2)c(=O)n(Cc2cccc(F)c2)c2ccsc12. The normalized spacial score (nSPS) is 10.9. The minimum absolute atomic E-state index is 0.0627.